The van der Waals surface area contributed by atoms with Gasteiger partial charge in [-0.3, -0.25) is 9.48 Å². The molecule has 0 saturated carbocycles. The molecule has 3 N–H and O–H groups in total. The van der Waals surface area contributed by atoms with E-state index in [1.165, 1.54) is 12.1 Å². The highest BCUT2D eigenvalue weighted by Crippen LogP contribution is 2.28. The van der Waals surface area contributed by atoms with E-state index in [4.69, 9.17) is 5.73 Å². The highest BCUT2D eigenvalue weighted by Gasteiger charge is 2.29. The Bertz CT molecular complexity index is 1090. The monoisotopic (exact) mass is 393 g/mol. The molecule has 7 nitrogen and oxygen atoms in total. The van der Waals surface area contributed by atoms with Gasteiger partial charge in [0.05, 0.1) is 24.3 Å². The highest BCUT2D eigenvalue weighted by atomic mass is 19.1. The molecule has 0 aliphatic carbocycles. The number of carbonyl (C=O) groups excluding carboxylic acids is 2. The van der Waals surface area contributed by atoms with Gasteiger partial charge >= 0.3 is 6.03 Å². The van der Waals surface area contributed by atoms with Crippen LogP contribution in [0.3, 0.4) is 0 Å². The van der Waals surface area contributed by atoms with E-state index >= 15 is 0 Å². The number of hydrogen-bond acceptors (Lipinski definition) is 3. The molecule has 8 heteroatoms. The second-order valence-corrected chi connectivity index (χ2v) is 6.99. The molecule has 1 aliphatic heterocycles. The highest BCUT2D eigenvalue weighted by molar-refractivity contribution is 6.00. The molecule has 29 heavy (non-hydrogen) atoms. The van der Waals surface area contributed by atoms with E-state index in [0.29, 0.717) is 35.7 Å². The first-order chi connectivity index (χ1) is 13.9. The molecule has 0 radical (unpaired) electrons. The van der Waals surface area contributed by atoms with Crippen LogP contribution in [0.2, 0.25) is 0 Å². The Morgan fingerprint density at radius 2 is 1.90 bits per heavy atom. The van der Waals surface area contributed by atoms with Crippen LogP contribution in [0.4, 0.5) is 14.9 Å². The zero-order valence-electron chi connectivity index (χ0n) is 15.9. The summed E-state index contributed by atoms with van der Waals surface area (Å²) in [6.07, 6.45) is 0. The van der Waals surface area contributed by atoms with Gasteiger partial charge in [0.1, 0.15) is 11.5 Å². The number of aromatic nitrogens is 2. The molecule has 2 aromatic carbocycles. The van der Waals surface area contributed by atoms with Crippen molar-refractivity contribution in [3.05, 3.63) is 71.2 Å². The van der Waals surface area contributed by atoms with Crippen molar-refractivity contribution in [2.24, 2.45) is 5.73 Å². The summed E-state index contributed by atoms with van der Waals surface area (Å²) in [6.45, 7) is 2.98. The molecular weight excluding hydrogens is 373 g/mol. The topological polar surface area (TPSA) is 93.2 Å². The van der Waals surface area contributed by atoms with Gasteiger partial charge < -0.3 is 16.0 Å². The van der Waals surface area contributed by atoms with E-state index in [1.807, 2.05) is 31.2 Å². The number of nitrogens with two attached hydrogens (primary N) is 1. The van der Waals surface area contributed by atoms with Gasteiger partial charge in [0, 0.05) is 17.8 Å². The van der Waals surface area contributed by atoms with E-state index in [-0.39, 0.29) is 18.1 Å². The van der Waals surface area contributed by atoms with E-state index in [1.54, 1.807) is 21.7 Å². The summed E-state index contributed by atoms with van der Waals surface area (Å²) in [6, 6.07) is 13.1. The molecule has 2 heterocycles. The van der Waals surface area contributed by atoms with Crippen molar-refractivity contribution < 1.29 is 14.0 Å². The van der Waals surface area contributed by atoms with Crippen LogP contribution in [-0.2, 0) is 13.1 Å². The summed E-state index contributed by atoms with van der Waals surface area (Å²) in [5.74, 6) is -1.09. The van der Waals surface area contributed by atoms with Crippen molar-refractivity contribution in [2.45, 2.75) is 20.0 Å². The lowest BCUT2D eigenvalue weighted by atomic mass is 10.0. The number of benzene rings is 2. The van der Waals surface area contributed by atoms with Gasteiger partial charge in [-0.15, -0.1) is 0 Å². The molecule has 1 aliphatic rings. The molecule has 0 unspecified atom stereocenters. The molecular formula is C21H20FN5O2. The van der Waals surface area contributed by atoms with Crippen LogP contribution in [0, 0.1) is 12.7 Å². The van der Waals surface area contributed by atoms with Gasteiger partial charge in [-0.2, -0.15) is 5.10 Å². The average molecular weight is 393 g/mol. The number of aryl methyl sites for hydroxylation is 1. The lowest BCUT2D eigenvalue weighted by Crippen LogP contribution is -2.41. The van der Waals surface area contributed by atoms with Gasteiger partial charge in [-0.05, 0) is 31.2 Å². The maximum atomic E-state index is 13.7. The molecule has 0 atom stereocenters. The fourth-order valence-corrected chi connectivity index (χ4v) is 3.43. The first-order valence-electron chi connectivity index (χ1n) is 9.20. The summed E-state index contributed by atoms with van der Waals surface area (Å²) in [4.78, 5) is 26.4. The van der Waals surface area contributed by atoms with Crippen LogP contribution in [0.1, 0.15) is 21.6 Å². The number of nitrogens with one attached hydrogen (secondary N) is 1. The number of anilines is 1. The van der Waals surface area contributed by atoms with Crippen LogP contribution in [-0.4, -0.2) is 33.2 Å². The zero-order valence-corrected chi connectivity index (χ0v) is 15.9. The van der Waals surface area contributed by atoms with Gasteiger partial charge in [-0.1, -0.05) is 29.8 Å². The van der Waals surface area contributed by atoms with Gasteiger partial charge in [0.2, 0.25) is 0 Å². The molecule has 3 amide bonds. The van der Waals surface area contributed by atoms with Crippen molar-refractivity contribution in [1.29, 1.82) is 0 Å². The van der Waals surface area contributed by atoms with Crippen LogP contribution < -0.4 is 11.1 Å². The Hall–Kier alpha value is -3.68. The van der Waals surface area contributed by atoms with Gasteiger partial charge in [-0.25, -0.2) is 9.18 Å². The number of urea groups is 1. The average Bonchev–Trinajstić information content (AvgIpc) is 3.08. The molecule has 0 saturated heterocycles. The lowest BCUT2D eigenvalue weighted by molar-refractivity contribution is 0.0997. The van der Waals surface area contributed by atoms with Crippen molar-refractivity contribution in [3.8, 4) is 11.3 Å². The maximum absolute atomic E-state index is 13.7. The van der Waals surface area contributed by atoms with Crippen LogP contribution in [0.25, 0.3) is 11.3 Å². The summed E-state index contributed by atoms with van der Waals surface area (Å²) in [7, 11) is 0. The second-order valence-electron chi connectivity index (χ2n) is 6.99. The van der Waals surface area contributed by atoms with E-state index in [2.05, 4.69) is 10.4 Å². The number of nitrogens with zero attached hydrogens (tertiary/aromatic N) is 3. The molecule has 1 aromatic heterocycles. The van der Waals surface area contributed by atoms with Crippen LogP contribution in [0.5, 0.6) is 0 Å². The third kappa shape index (κ3) is 3.69. The molecule has 4 rings (SSSR count). The minimum absolute atomic E-state index is 0.179. The maximum Gasteiger partial charge on any atom is 0.322 e. The van der Waals surface area contributed by atoms with Crippen molar-refractivity contribution in [3.63, 3.8) is 0 Å². The first kappa shape index (κ1) is 18.7. The Kier molecular flexibility index (Phi) is 4.75. The van der Waals surface area contributed by atoms with Crippen LogP contribution >= 0.6 is 0 Å². The quantitative estimate of drug-likeness (QED) is 0.716. The molecule has 0 fully saturated rings. The first-order valence-corrected chi connectivity index (χ1v) is 9.20. The number of carbonyl (C=O) groups is 2. The fraction of sp³-hybridized carbons (Fsp3) is 0.190. The number of primary amides is 1. The largest absolute Gasteiger partial charge is 0.365 e. The fourth-order valence-electron chi connectivity index (χ4n) is 3.43. The SMILES string of the molecule is Cc1ccc(NC(=O)N2CCn3nc(-c4cccc(F)c4)c(C(N)=O)c3C2)cc1. The molecule has 0 spiro atoms. The summed E-state index contributed by atoms with van der Waals surface area (Å²) in [5, 5.41) is 7.32. The Balaban J connectivity index is 1.62. The van der Waals surface area contributed by atoms with Crippen molar-refractivity contribution in [1.82, 2.24) is 14.7 Å². The number of fused-ring (bicyclic) bond motifs is 1. The third-order valence-electron chi connectivity index (χ3n) is 4.91. The van der Waals surface area contributed by atoms with Gasteiger partial charge in [0.15, 0.2) is 0 Å². The van der Waals surface area contributed by atoms with Crippen molar-refractivity contribution in [2.75, 3.05) is 11.9 Å². The van der Waals surface area contributed by atoms with E-state index in [0.717, 1.165) is 5.56 Å². The Morgan fingerprint density at radius 1 is 1.14 bits per heavy atom. The Morgan fingerprint density at radius 3 is 2.59 bits per heavy atom. The van der Waals surface area contributed by atoms with E-state index in [9.17, 15) is 14.0 Å². The number of hydrogen-bond donors (Lipinski definition) is 2. The smallest absolute Gasteiger partial charge is 0.322 e. The standard InChI is InChI=1S/C21H20FN5O2/c1-13-5-7-16(8-6-13)24-21(29)26-9-10-27-17(12-26)18(20(23)28)19(25-27)14-3-2-4-15(22)11-14/h2-8,11H,9-10,12H2,1H3,(H2,23,28)(H,24,29). The van der Waals surface area contributed by atoms with E-state index < -0.39 is 11.7 Å². The molecule has 148 valence electrons. The minimum Gasteiger partial charge on any atom is -0.365 e. The van der Waals surface area contributed by atoms with Crippen LogP contribution in [0.15, 0.2) is 48.5 Å². The number of rotatable bonds is 3. The predicted octanol–water partition coefficient (Wildman–Crippen LogP) is 3.14. The molecule has 3 aromatic rings. The summed E-state index contributed by atoms with van der Waals surface area (Å²) < 4.78 is 15.3. The zero-order chi connectivity index (χ0) is 20.5. The van der Waals surface area contributed by atoms with Gasteiger partial charge in [0.25, 0.3) is 5.91 Å². The van der Waals surface area contributed by atoms with Crippen molar-refractivity contribution >= 4 is 17.6 Å². The number of amides is 3. The molecule has 0 bridgehead atoms. The third-order valence-corrected chi connectivity index (χ3v) is 4.91. The Labute approximate surface area is 166 Å². The summed E-state index contributed by atoms with van der Waals surface area (Å²) >= 11 is 0. The number of halogens is 1. The summed E-state index contributed by atoms with van der Waals surface area (Å²) in [5.41, 5.74) is 8.95. The second kappa shape index (κ2) is 7.38. The lowest BCUT2D eigenvalue weighted by Gasteiger charge is -2.28. The minimum atomic E-state index is -0.661. The predicted molar refractivity (Wildman–Crippen MR) is 107 cm³/mol. The normalized spacial score (nSPS) is 13.1.